The van der Waals surface area contributed by atoms with Crippen LogP contribution in [0.3, 0.4) is 0 Å². The van der Waals surface area contributed by atoms with Crippen molar-refractivity contribution in [3.8, 4) is 0 Å². The zero-order valence-electron chi connectivity index (χ0n) is 9.63. The number of aromatic nitrogens is 3. The van der Waals surface area contributed by atoms with Crippen molar-refractivity contribution in [1.82, 2.24) is 19.7 Å². The third kappa shape index (κ3) is 1.55. The number of likely N-dealkylation sites (tertiary alicyclic amines) is 1. The summed E-state index contributed by atoms with van der Waals surface area (Å²) in [5.74, 6) is 1.66. The van der Waals surface area contributed by atoms with Crippen LogP contribution in [0.2, 0.25) is 0 Å². The van der Waals surface area contributed by atoms with E-state index in [2.05, 4.69) is 22.0 Å². The van der Waals surface area contributed by atoms with Gasteiger partial charge in [0.1, 0.15) is 6.10 Å². The highest BCUT2D eigenvalue weighted by molar-refractivity contribution is 5.04. The molecule has 2 unspecified atom stereocenters. The molecule has 2 aliphatic heterocycles. The van der Waals surface area contributed by atoms with Crippen molar-refractivity contribution in [3.05, 3.63) is 11.6 Å². The number of rotatable bonds is 1. The fourth-order valence-electron chi connectivity index (χ4n) is 2.72. The molecule has 1 aromatic heterocycles. The average Bonchev–Trinajstić information content (AvgIpc) is 2.84. The summed E-state index contributed by atoms with van der Waals surface area (Å²) in [6.45, 7) is 2.02. The predicted octanol–water partition coefficient (Wildman–Crippen LogP) is 0.872. The molecule has 0 aromatic carbocycles. The minimum atomic E-state index is -0.415. The SMILES string of the molecule is CN1CCCC1c1nc2n(n1)CCCC2O. The summed E-state index contributed by atoms with van der Waals surface area (Å²) in [6, 6.07) is 0.352. The first kappa shape index (κ1) is 10.2. The van der Waals surface area contributed by atoms with Gasteiger partial charge in [0.05, 0.1) is 6.04 Å². The van der Waals surface area contributed by atoms with Gasteiger partial charge in [0.15, 0.2) is 11.6 Å². The van der Waals surface area contributed by atoms with Gasteiger partial charge < -0.3 is 5.11 Å². The summed E-state index contributed by atoms with van der Waals surface area (Å²) in [7, 11) is 2.12. The topological polar surface area (TPSA) is 54.2 Å². The predicted molar refractivity (Wildman–Crippen MR) is 58.8 cm³/mol. The van der Waals surface area contributed by atoms with Crippen LogP contribution in [0.4, 0.5) is 0 Å². The van der Waals surface area contributed by atoms with Gasteiger partial charge in [-0.05, 0) is 39.3 Å². The minimum Gasteiger partial charge on any atom is -0.385 e. The molecule has 2 aliphatic rings. The lowest BCUT2D eigenvalue weighted by Gasteiger charge is -2.16. The van der Waals surface area contributed by atoms with E-state index in [0.717, 1.165) is 44.0 Å². The Kier molecular flexibility index (Phi) is 2.44. The molecule has 3 heterocycles. The lowest BCUT2D eigenvalue weighted by Crippen LogP contribution is -2.18. The highest BCUT2D eigenvalue weighted by atomic mass is 16.3. The van der Waals surface area contributed by atoms with E-state index in [-0.39, 0.29) is 0 Å². The molecule has 1 fully saturated rings. The molecule has 88 valence electrons. The van der Waals surface area contributed by atoms with Gasteiger partial charge in [0.2, 0.25) is 0 Å². The van der Waals surface area contributed by atoms with Crippen molar-refractivity contribution < 1.29 is 5.11 Å². The van der Waals surface area contributed by atoms with Gasteiger partial charge in [0.25, 0.3) is 0 Å². The summed E-state index contributed by atoms with van der Waals surface area (Å²) in [5, 5.41) is 14.4. The van der Waals surface area contributed by atoms with E-state index >= 15 is 0 Å². The molecule has 0 bridgehead atoms. The van der Waals surface area contributed by atoms with E-state index in [1.807, 2.05) is 4.68 Å². The molecule has 0 saturated carbocycles. The van der Waals surface area contributed by atoms with Crippen molar-refractivity contribution in [2.45, 2.75) is 44.4 Å². The number of aliphatic hydroxyl groups is 1. The zero-order chi connectivity index (χ0) is 11.1. The van der Waals surface area contributed by atoms with Crippen molar-refractivity contribution in [3.63, 3.8) is 0 Å². The maximum atomic E-state index is 9.85. The molecule has 2 atom stereocenters. The first-order valence-corrected chi connectivity index (χ1v) is 6.08. The molecule has 5 nitrogen and oxygen atoms in total. The minimum absolute atomic E-state index is 0.352. The molecule has 0 radical (unpaired) electrons. The van der Waals surface area contributed by atoms with Crippen LogP contribution >= 0.6 is 0 Å². The van der Waals surface area contributed by atoms with Crippen LogP contribution in [0, 0.1) is 0 Å². The molecule has 1 saturated heterocycles. The monoisotopic (exact) mass is 222 g/mol. The number of aliphatic hydroxyl groups excluding tert-OH is 1. The summed E-state index contributed by atoms with van der Waals surface area (Å²) < 4.78 is 1.88. The normalized spacial score (nSPS) is 30.6. The molecule has 0 spiro atoms. The first-order chi connectivity index (χ1) is 7.75. The molecular weight excluding hydrogens is 204 g/mol. The maximum absolute atomic E-state index is 9.85. The maximum Gasteiger partial charge on any atom is 0.168 e. The van der Waals surface area contributed by atoms with Crippen LogP contribution in [-0.4, -0.2) is 38.4 Å². The van der Waals surface area contributed by atoms with Crippen LogP contribution < -0.4 is 0 Å². The van der Waals surface area contributed by atoms with E-state index < -0.39 is 6.10 Å². The van der Waals surface area contributed by atoms with E-state index in [1.165, 1.54) is 6.42 Å². The second kappa shape index (κ2) is 3.82. The summed E-state index contributed by atoms with van der Waals surface area (Å²) in [6.07, 6.45) is 3.75. The lowest BCUT2D eigenvalue weighted by molar-refractivity contribution is 0.130. The van der Waals surface area contributed by atoms with Gasteiger partial charge in [-0.2, -0.15) is 5.10 Å². The number of hydrogen-bond donors (Lipinski definition) is 1. The van der Waals surface area contributed by atoms with Crippen LogP contribution in [-0.2, 0) is 6.54 Å². The van der Waals surface area contributed by atoms with Gasteiger partial charge >= 0.3 is 0 Å². The van der Waals surface area contributed by atoms with Gasteiger partial charge in [-0.25, -0.2) is 9.67 Å². The Morgan fingerprint density at radius 1 is 1.25 bits per heavy atom. The third-order valence-electron chi connectivity index (χ3n) is 3.68. The quantitative estimate of drug-likeness (QED) is 0.766. The Balaban J connectivity index is 1.91. The highest BCUT2D eigenvalue weighted by Crippen LogP contribution is 2.30. The van der Waals surface area contributed by atoms with Crippen molar-refractivity contribution in [2.24, 2.45) is 0 Å². The smallest absolute Gasteiger partial charge is 0.168 e. The Hall–Kier alpha value is -0.940. The van der Waals surface area contributed by atoms with Crippen LogP contribution in [0.15, 0.2) is 0 Å². The summed E-state index contributed by atoms with van der Waals surface area (Å²) in [4.78, 5) is 6.82. The van der Waals surface area contributed by atoms with Crippen LogP contribution in [0.5, 0.6) is 0 Å². The summed E-state index contributed by atoms with van der Waals surface area (Å²) >= 11 is 0. The van der Waals surface area contributed by atoms with Gasteiger partial charge in [-0.3, -0.25) is 4.90 Å². The van der Waals surface area contributed by atoms with Crippen molar-refractivity contribution in [1.29, 1.82) is 0 Å². The molecule has 3 rings (SSSR count). The average molecular weight is 222 g/mol. The molecule has 0 aliphatic carbocycles. The molecule has 16 heavy (non-hydrogen) atoms. The standard InChI is InChI=1S/C11H18N4O/c1-14-6-2-4-8(14)10-12-11-9(16)5-3-7-15(11)13-10/h8-9,16H,2-7H2,1H3. The number of hydrogen-bond acceptors (Lipinski definition) is 4. The van der Waals surface area contributed by atoms with E-state index in [4.69, 9.17) is 0 Å². The first-order valence-electron chi connectivity index (χ1n) is 6.08. The fraction of sp³-hybridized carbons (Fsp3) is 0.818. The van der Waals surface area contributed by atoms with Crippen molar-refractivity contribution in [2.75, 3.05) is 13.6 Å². The summed E-state index contributed by atoms with van der Waals surface area (Å²) in [5.41, 5.74) is 0. The molecular formula is C11H18N4O. The largest absolute Gasteiger partial charge is 0.385 e. The Morgan fingerprint density at radius 3 is 2.75 bits per heavy atom. The lowest BCUT2D eigenvalue weighted by atomic mass is 10.1. The highest BCUT2D eigenvalue weighted by Gasteiger charge is 2.29. The third-order valence-corrected chi connectivity index (χ3v) is 3.68. The van der Waals surface area contributed by atoms with Gasteiger partial charge in [-0.1, -0.05) is 0 Å². The number of fused-ring (bicyclic) bond motifs is 1. The Morgan fingerprint density at radius 2 is 2.06 bits per heavy atom. The van der Waals surface area contributed by atoms with Crippen LogP contribution in [0.1, 0.15) is 49.5 Å². The molecule has 1 aromatic rings. The van der Waals surface area contributed by atoms with E-state index in [9.17, 15) is 5.11 Å². The number of aryl methyl sites for hydroxylation is 1. The molecule has 5 heteroatoms. The van der Waals surface area contributed by atoms with Crippen molar-refractivity contribution >= 4 is 0 Å². The van der Waals surface area contributed by atoms with Gasteiger partial charge in [0, 0.05) is 6.54 Å². The molecule has 0 amide bonds. The second-order valence-corrected chi connectivity index (χ2v) is 4.85. The Labute approximate surface area is 95.1 Å². The molecule has 1 N–H and O–H groups in total. The zero-order valence-corrected chi connectivity index (χ0v) is 9.63. The Bertz CT molecular complexity index is 389. The van der Waals surface area contributed by atoms with E-state index in [0.29, 0.717) is 6.04 Å². The van der Waals surface area contributed by atoms with Gasteiger partial charge in [-0.15, -0.1) is 0 Å². The fourth-order valence-corrected chi connectivity index (χ4v) is 2.72. The number of nitrogens with zero attached hydrogens (tertiary/aromatic N) is 4. The second-order valence-electron chi connectivity index (χ2n) is 4.85. The van der Waals surface area contributed by atoms with Crippen LogP contribution in [0.25, 0.3) is 0 Å². The van der Waals surface area contributed by atoms with E-state index in [1.54, 1.807) is 0 Å².